The number of ether oxygens (including phenoxy) is 1. The zero-order valence-corrected chi connectivity index (χ0v) is 12.3. The van der Waals surface area contributed by atoms with Crippen molar-refractivity contribution in [2.75, 3.05) is 12.4 Å². The Labute approximate surface area is 130 Å². The van der Waals surface area contributed by atoms with Crippen molar-refractivity contribution in [3.8, 4) is 0 Å². The van der Waals surface area contributed by atoms with Gasteiger partial charge in [-0.3, -0.25) is 10.2 Å². The van der Waals surface area contributed by atoms with Crippen LogP contribution in [0.1, 0.15) is 23.5 Å². The fourth-order valence-electron chi connectivity index (χ4n) is 2.01. The molecule has 9 heteroatoms. The molecular weight excluding hydrogens is 302 g/mol. The molecule has 3 rings (SSSR count). The maximum atomic E-state index is 11.7. The number of H-pyrrole nitrogens is 1. The third-order valence-electron chi connectivity index (χ3n) is 3.37. The molecule has 1 heterocycles. The van der Waals surface area contributed by atoms with Crippen molar-refractivity contribution in [1.29, 1.82) is 0 Å². The largest absolute Gasteiger partial charge is 0.463 e. The van der Waals surface area contributed by atoms with Crippen molar-refractivity contribution in [3.63, 3.8) is 0 Å². The number of fused-ring (bicyclic) bond motifs is 1. The molecule has 0 radical (unpaired) electrons. The van der Waals surface area contributed by atoms with Gasteiger partial charge in [-0.25, -0.2) is 20.0 Å². The Morgan fingerprint density at radius 2 is 2.04 bits per heavy atom. The highest BCUT2D eigenvalue weighted by molar-refractivity contribution is 5.95. The van der Waals surface area contributed by atoms with Crippen molar-refractivity contribution in [1.82, 2.24) is 20.8 Å². The Balaban J connectivity index is 1.64. The van der Waals surface area contributed by atoms with Crippen LogP contribution >= 0.6 is 0 Å². The molecule has 0 atom stereocenters. The number of hydrazine groups is 1. The molecule has 2 aromatic rings. The molecule has 0 aliphatic heterocycles. The molecule has 0 spiro atoms. The fourth-order valence-corrected chi connectivity index (χ4v) is 2.01. The van der Waals surface area contributed by atoms with Crippen molar-refractivity contribution >= 4 is 34.6 Å². The summed E-state index contributed by atoms with van der Waals surface area (Å²) in [6.07, 6.45) is 1.71. The first-order valence-corrected chi connectivity index (χ1v) is 7.02. The first-order valence-electron chi connectivity index (χ1n) is 7.02. The van der Waals surface area contributed by atoms with Gasteiger partial charge in [-0.1, -0.05) is 0 Å². The molecule has 1 aliphatic rings. The number of rotatable bonds is 3. The van der Waals surface area contributed by atoms with Crippen molar-refractivity contribution in [2.45, 2.75) is 12.8 Å². The number of carbonyl (C=O) groups excluding carboxylic acids is 3. The Kier molecular flexibility index (Phi) is 3.83. The first kappa shape index (κ1) is 14.8. The molecule has 1 saturated carbocycles. The summed E-state index contributed by atoms with van der Waals surface area (Å²) in [6, 6.07) is 4.34. The van der Waals surface area contributed by atoms with Crippen molar-refractivity contribution in [3.05, 3.63) is 24.0 Å². The number of hydrogen-bond acceptors (Lipinski definition) is 5. The first-order chi connectivity index (χ1) is 11.1. The van der Waals surface area contributed by atoms with Crippen LogP contribution in [0.25, 0.3) is 11.0 Å². The summed E-state index contributed by atoms with van der Waals surface area (Å²) >= 11 is 0. The van der Waals surface area contributed by atoms with E-state index in [1.54, 1.807) is 18.2 Å². The lowest BCUT2D eigenvalue weighted by atomic mass is 10.3. The van der Waals surface area contributed by atoms with Crippen LogP contribution < -0.4 is 16.2 Å². The highest BCUT2D eigenvalue weighted by atomic mass is 16.5. The van der Waals surface area contributed by atoms with Crippen LogP contribution in [0.15, 0.2) is 18.2 Å². The number of urea groups is 1. The molecule has 1 aromatic heterocycles. The average Bonchev–Trinajstić information content (AvgIpc) is 3.31. The van der Waals surface area contributed by atoms with Crippen molar-refractivity contribution in [2.24, 2.45) is 5.92 Å². The van der Waals surface area contributed by atoms with Gasteiger partial charge in [-0.05, 0) is 31.0 Å². The minimum Gasteiger partial charge on any atom is -0.463 e. The molecule has 4 N–H and O–H groups in total. The van der Waals surface area contributed by atoms with Crippen LogP contribution in [-0.4, -0.2) is 35.0 Å². The maximum Gasteiger partial charge on any atom is 0.374 e. The van der Waals surface area contributed by atoms with Gasteiger partial charge in [-0.2, -0.15) is 0 Å². The summed E-state index contributed by atoms with van der Waals surface area (Å²) in [7, 11) is 1.27. The minimum absolute atomic E-state index is 0.00776. The number of hydrogen-bond donors (Lipinski definition) is 4. The number of anilines is 1. The molecule has 3 amide bonds. The van der Waals surface area contributed by atoms with E-state index in [-0.39, 0.29) is 17.6 Å². The van der Waals surface area contributed by atoms with Gasteiger partial charge >= 0.3 is 12.0 Å². The van der Waals surface area contributed by atoms with Gasteiger partial charge < -0.3 is 15.0 Å². The lowest BCUT2D eigenvalue weighted by molar-refractivity contribution is -0.122. The molecule has 120 valence electrons. The monoisotopic (exact) mass is 317 g/mol. The molecule has 23 heavy (non-hydrogen) atoms. The molecule has 0 bridgehead atoms. The molecular formula is C14H15N5O4. The normalized spacial score (nSPS) is 13.4. The predicted octanol–water partition coefficient (Wildman–Crippen LogP) is 0.912. The highest BCUT2D eigenvalue weighted by Crippen LogP contribution is 2.28. The number of methoxy groups -OCH3 is 1. The van der Waals surface area contributed by atoms with E-state index in [1.807, 2.05) is 0 Å². The van der Waals surface area contributed by atoms with E-state index in [2.05, 4.69) is 30.9 Å². The van der Waals surface area contributed by atoms with E-state index in [4.69, 9.17) is 0 Å². The lowest BCUT2D eigenvalue weighted by Gasteiger charge is -2.08. The smallest absolute Gasteiger partial charge is 0.374 e. The highest BCUT2D eigenvalue weighted by Gasteiger charge is 2.29. The number of carbonyl (C=O) groups is 3. The third kappa shape index (κ3) is 3.39. The summed E-state index contributed by atoms with van der Waals surface area (Å²) in [5.41, 5.74) is 6.25. The summed E-state index contributed by atoms with van der Waals surface area (Å²) in [4.78, 5) is 41.4. The number of imidazole rings is 1. The third-order valence-corrected chi connectivity index (χ3v) is 3.37. The van der Waals surface area contributed by atoms with E-state index in [1.165, 1.54) is 7.11 Å². The van der Waals surface area contributed by atoms with E-state index in [0.29, 0.717) is 16.7 Å². The molecule has 1 fully saturated rings. The van der Waals surface area contributed by atoms with Crippen LogP contribution in [0.4, 0.5) is 10.5 Å². The second-order valence-electron chi connectivity index (χ2n) is 5.15. The number of esters is 1. The van der Waals surface area contributed by atoms with E-state index < -0.39 is 12.0 Å². The number of nitrogens with zero attached hydrogens (tertiary/aromatic N) is 1. The van der Waals surface area contributed by atoms with E-state index >= 15 is 0 Å². The molecule has 1 aliphatic carbocycles. The lowest BCUT2D eigenvalue weighted by Crippen LogP contribution is -2.44. The topological polar surface area (TPSA) is 125 Å². The van der Waals surface area contributed by atoms with Gasteiger partial charge in [-0.15, -0.1) is 0 Å². The minimum atomic E-state index is -0.573. The summed E-state index contributed by atoms with van der Waals surface area (Å²) in [5, 5.41) is 2.57. The number of amides is 3. The van der Waals surface area contributed by atoms with Crippen LogP contribution in [0.3, 0.4) is 0 Å². The number of aromatic amines is 1. The summed E-state index contributed by atoms with van der Waals surface area (Å²) in [5.74, 6) is -0.669. The Morgan fingerprint density at radius 3 is 2.74 bits per heavy atom. The Hall–Kier alpha value is -3.10. The Morgan fingerprint density at radius 1 is 1.26 bits per heavy atom. The van der Waals surface area contributed by atoms with Gasteiger partial charge in [0.15, 0.2) is 0 Å². The summed E-state index contributed by atoms with van der Waals surface area (Å²) in [6.45, 7) is 0. The standard InChI is InChI=1S/C14H15N5O4/c1-23-13(21)11-16-9-5-4-8(6-10(9)17-11)15-14(22)19-18-12(20)7-2-3-7/h4-7H,2-3H2,1H3,(H,16,17)(H,18,20)(H2,15,19,22). The van der Waals surface area contributed by atoms with Gasteiger partial charge in [0.25, 0.3) is 0 Å². The number of aromatic nitrogens is 2. The number of benzene rings is 1. The molecule has 1 aromatic carbocycles. The molecule has 0 unspecified atom stereocenters. The number of nitrogens with one attached hydrogen (secondary N) is 4. The van der Waals surface area contributed by atoms with Crippen LogP contribution in [-0.2, 0) is 9.53 Å². The Bertz CT molecular complexity index is 781. The van der Waals surface area contributed by atoms with E-state index in [0.717, 1.165) is 12.8 Å². The second kappa shape index (κ2) is 5.95. The van der Waals surface area contributed by atoms with E-state index in [9.17, 15) is 14.4 Å². The maximum absolute atomic E-state index is 11.7. The van der Waals surface area contributed by atoms with Crippen LogP contribution in [0, 0.1) is 5.92 Å². The van der Waals surface area contributed by atoms with Gasteiger partial charge in [0.2, 0.25) is 11.7 Å². The average molecular weight is 317 g/mol. The van der Waals surface area contributed by atoms with Gasteiger partial charge in [0.1, 0.15) is 0 Å². The predicted molar refractivity (Wildman–Crippen MR) is 80.5 cm³/mol. The van der Waals surface area contributed by atoms with Gasteiger partial charge in [0, 0.05) is 11.6 Å². The zero-order chi connectivity index (χ0) is 16.4. The van der Waals surface area contributed by atoms with Crippen LogP contribution in [0.5, 0.6) is 0 Å². The summed E-state index contributed by atoms with van der Waals surface area (Å²) < 4.78 is 4.59. The second-order valence-corrected chi connectivity index (χ2v) is 5.15. The molecule has 9 nitrogen and oxygen atoms in total. The van der Waals surface area contributed by atoms with Gasteiger partial charge in [0.05, 0.1) is 18.1 Å². The SMILES string of the molecule is COC(=O)c1nc2ccc(NC(=O)NNC(=O)C3CC3)cc2[nH]1. The van der Waals surface area contributed by atoms with Crippen LogP contribution in [0.2, 0.25) is 0 Å². The van der Waals surface area contributed by atoms with Crippen molar-refractivity contribution < 1.29 is 19.1 Å². The fraction of sp³-hybridized carbons (Fsp3) is 0.286. The quantitative estimate of drug-likeness (QED) is 0.494. The molecule has 0 saturated heterocycles. The zero-order valence-electron chi connectivity index (χ0n) is 12.3.